The Morgan fingerprint density at radius 2 is 2.11 bits per heavy atom. The molecule has 0 aromatic heterocycles. The number of methoxy groups -OCH3 is 1. The Labute approximate surface area is 108 Å². The van der Waals surface area contributed by atoms with Crippen molar-refractivity contribution in [2.45, 2.75) is 20.3 Å². The molecule has 0 aliphatic heterocycles. The summed E-state index contributed by atoms with van der Waals surface area (Å²) in [6.07, 6.45) is 0.675. The number of ether oxygens (including phenoxy) is 1. The molecule has 0 rings (SSSR count). The number of oxime groups is 1. The van der Waals surface area contributed by atoms with E-state index in [1.54, 1.807) is 7.11 Å². The van der Waals surface area contributed by atoms with Crippen LogP contribution < -0.4 is 16.4 Å². The highest BCUT2D eigenvalue weighted by molar-refractivity contribution is 5.85. The second-order valence-electron chi connectivity index (χ2n) is 4.64. The number of hydrogen-bond donors (Lipinski definition) is 4. The van der Waals surface area contributed by atoms with Crippen molar-refractivity contribution in [2.75, 3.05) is 33.4 Å². The number of hydrogen-bond acceptors (Lipinski definition) is 5. The van der Waals surface area contributed by atoms with E-state index < -0.39 is 5.41 Å². The fourth-order valence-electron chi connectivity index (χ4n) is 1.22. The van der Waals surface area contributed by atoms with Gasteiger partial charge in [0.1, 0.15) is 5.84 Å². The van der Waals surface area contributed by atoms with Crippen LogP contribution in [0.2, 0.25) is 0 Å². The molecule has 0 bridgehead atoms. The van der Waals surface area contributed by atoms with Gasteiger partial charge < -0.3 is 26.3 Å². The molecule has 7 heteroatoms. The van der Waals surface area contributed by atoms with Crippen LogP contribution in [-0.2, 0) is 9.53 Å². The van der Waals surface area contributed by atoms with Crippen molar-refractivity contribution in [3.05, 3.63) is 0 Å². The summed E-state index contributed by atoms with van der Waals surface area (Å²) in [5, 5.41) is 17.3. The summed E-state index contributed by atoms with van der Waals surface area (Å²) in [6.45, 7) is 5.62. The summed E-state index contributed by atoms with van der Waals surface area (Å²) in [6, 6.07) is 0. The Morgan fingerprint density at radius 1 is 1.44 bits per heavy atom. The Bertz CT molecular complexity index is 279. The molecule has 1 amide bonds. The summed E-state index contributed by atoms with van der Waals surface area (Å²) in [5.41, 5.74) is 5.16. The first-order valence-electron chi connectivity index (χ1n) is 5.88. The molecule has 106 valence electrons. The van der Waals surface area contributed by atoms with E-state index in [0.717, 1.165) is 0 Å². The van der Waals surface area contributed by atoms with E-state index >= 15 is 0 Å². The Kier molecular flexibility index (Phi) is 8.06. The van der Waals surface area contributed by atoms with Crippen molar-refractivity contribution < 1.29 is 14.7 Å². The molecule has 0 heterocycles. The quantitative estimate of drug-likeness (QED) is 0.147. The Hall–Kier alpha value is -1.34. The molecule has 0 spiro atoms. The highest BCUT2D eigenvalue weighted by Crippen LogP contribution is 2.19. The summed E-state index contributed by atoms with van der Waals surface area (Å²) < 4.78 is 4.82. The van der Waals surface area contributed by atoms with Crippen molar-refractivity contribution in [2.24, 2.45) is 16.3 Å². The Morgan fingerprint density at radius 3 is 2.67 bits per heavy atom. The van der Waals surface area contributed by atoms with E-state index in [9.17, 15) is 4.79 Å². The van der Waals surface area contributed by atoms with E-state index in [4.69, 9.17) is 15.7 Å². The average molecular weight is 260 g/mol. The van der Waals surface area contributed by atoms with Gasteiger partial charge in [-0.15, -0.1) is 0 Å². The topological polar surface area (TPSA) is 109 Å². The van der Waals surface area contributed by atoms with Crippen LogP contribution in [0.4, 0.5) is 0 Å². The first kappa shape index (κ1) is 16.7. The van der Waals surface area contributed by atoms with Crippen molar-refractivity contribution >= 4 is 11.7 Å². The molecule has 0 aromatic carbocycles. The van der Waals surface area contributed by atoms with Crippen LogP contribution in [0.25, 0.3) is 0 Å². The second-order valence-corrected chi connectivity index (χ2v) is 4.64. The van der Waals surface area contributed by atoms with Crippen molar-refractivity contribution in [3.63, 3.8) is 0 Å². The zero-order valence-electron chi connectivity index (χ0n) is 11.3. The fourth-order valence-corrected chi connectivity index (χ4v) is 1.22. The zero-order chi connectivity index (χ0) is 14.0. The third-order valence-electron chi connectivity index (χ3n) is 2.64. The molecular formula is C11H24N4O3. The largest absolute Gasteiger partial charge is 0.409 e. The number of amides is 1. The van der Waals surface area contributed by atoms with Gasteiger partial charge in [-0.2, -0.15) is 0 Å². The normalized spacial score (nSPS) is 12.5. The minimum Gasteiger partial charge on any atom is -0.409 e. The molecule has 5 N–H and O–H groups in total. The standard InChI is InChI=1S/C11H24N4O3/c1-11(2,10(12)15-17)4-5-13-8-9(16)14-6-7-18-3/h13,17H,4-8H2,1-3H3,(H2,12,15)(H,14,16). The van der Waals surface area contributed by atoms with Gasteiger partial charge in [0, 0.05) is 19.1 Å². The van der Waals surface area contributed by atoms with Gasteiger partial charge in [-0.05, 0) is 13.0 Å². The number of nitrogens with zero attached hydrogens (tertiary/aromatic N) is 1. The number of nitrogens with two attached hydrogens (primary N) is 1. The van der Waals surface area contributed by atoms with Crippen LogP contribution in [0.1, 0.15) is 20.3 Å². The number of carbonyl (C=O) groups excluding carboxylic acids is 1. The highest BCUT2D eigenvalue weighted by atomic mass is 16.5. The minimum atomic E-state index is -0.395. The molecule has 0 aliphatic rings. The maximum atomic E-state index is 11.3. The molecule has 0 fully saturated rings. The highest BCUT2D eigenvalue weighted by Gasteiger charge is 2.22. The molecule has 0 saturated heterocycles. The van der Waals surface area contributed by atoms with Gasteiger partial charge >= 0.3 is 0 Å². The minimum absolute atomic E-state index is 0.0753. The van der Waals surface area contributed by atoms with Crippen molar-refractivity contribution in [1.82, 2.24) is 10.6 Å². The van der Waals surface area contributed by atoms with Gasteiger partial charge in [0.05, 0.1) is 13.2 Å². The smallest absolute Gasteiger partial charge is 0.234 e. The first-order chi connectivity index (χ1) is 8.44. The average Bonchev–Trinajstić information content (AvgIpc) is 2.34. The zero-order valence-corrected chi connectivity index (χ0v) is 11.3. The lowest BCUT2D eigenvalue weighted by atomic mass is 9.88. The molecule has 0 atom stereocenters. The number of rotatable bonds is 9. The van der Waals surface area contributed by atoms with Gasteiger partial charge in [0.15, 0.2) is 0 Å². The summed E-state index contributed by atoms with van der Waals surface area (Å²) >= 11 is 0. The molecular weight excluding hydrogens is 236 g/mol. The van der Waals surface area contributed by atoms with E-state index in [0.29, 0.717) is 26.1 Å². The van der Waals surface area contributed by atoms with Crippen molar-refractivity contribution in [3.8, 4) is 0 Å². The summed E-state index contributed by atoms with van der Waals surface area (Å²) in [5.74, 6) is 0.113. The van der Waals surface area contributed by atoms with Gasteiger partial charge in [-0.1, -0.05) is 19.0 Å². The van der Waals surface area contributed by atoms with Gasteiger partial charge in [-0.3, -0.25) is 4.79 Å². The van der Waals surface area contributed by atoms with E-state index in [1.165, 1.54) is 0 Å². The molecule has 18 heavy (non-hydrogen) atoms. The molecule has 7 nitrogen and oxygen atoms in total. The third-order valence-corrected chi connectivity index (χ3v) is 2.64. The molecule has 0 radical (unpaired) electrons. The van der Waals surface area contributed by atoms with Gasteiger partial charge in [0.25, 0.3) is 0 Å². The van der Waals surface area contributed by atoms with Crippen LogP contribution in [0.3, 0.4) is 0 Å². The van der Waals surface area contributed by atoms with Crippen LogP contribution in [0.5, 0.6) is 0 Å². The maximum absolute atomic E-state index is 11.3. The summed E-state index contributed by atoms with van der Waals surface area (Å²) in [4.78, 5) is 11.3. The van der Waals surface area contributed by atoms with Crippen LogP contribution in [0, 0.1) is 5.41 Å². The lowest BCUT2D eigenvalue weighted by Crippen LogP contribution is -2.39. The molecule has 0 aliphatic carbocycles. The van der Waals surface area contributed by atoms with Crippen molar-refractivity contribution in [1.29, 1.82) is 0 Å². The first-order valence-corrected chi connectivity index (χ1v) is 5.88. The van der Waals surface area contributed by atoms with E-state index in [1.807, 2.05) is 13.8 Å². The van der Waals surface area contributed by atoms with E-state index in [-0.39, 0.29) is 18.3 Å². The maximum Gasteiger partial charge on any atom is 0.234 e. The van der Waals surface area contributed by atoms with Crippen LogP contribution in [-0.4, -0.2) is 50.3 Å². The van der Waals surface area contributed by atoms with Gasteiger partial charge in [-0.25, -0.2) is 0 Å². The van der Waals surface area contributed by atoms with Crippen LogP contribution >= 0.6 is 0 Å². The second kappa shape index (κ2) is 8.71. The lowest BCUT2D eigenvalue weighted by Gasteiger charge is -2.22. The Balaban J connectivity index is 3.70. The number of nitrogens with one attached hydrogen (secondary N) is 2. The van der Waals surface area contributed by atoms with E-state index in [2.05, 4.69) is 15.8 Å². The van der Waals surface area contributed by atoms with Gasteiger partial charge in [0.2, 0.25) is 5.91 Å². The SMILES string of the molecule is COCCNC(=O)CNCCC(C)(C)C(N)=NO. The predicted molar refractivity (Wildman–Crippen MR) is 69.6 cm³/mol. The molecule has 0 unspecified atom stereocenters. The number of carbonyl (C=O) groups is 1. The fraction of sp³-hybridized carbons (Fsp3) is 0.818. The lowest BCUT2D eigenvalue weighted by molar-refractivity contribution is -0.120. The monoisotopic (exact) mass is 260 g/mol. The molecule has 0 aromatic rings. The summed E-state index contributed by atoms with van der Waals surface area (Å²) in [7, 11) is 1.58. The predicted octanol–water partition coefficient (Wildman–Crippen LogP) is -0.499. The molecule has 0 saturated carbocycles. The van der Waals surface area contributed by atoms with Crippen LogP contribution in [0.15, 0.2) is 5.16 Å². The number of amidine groups is 1. The third kappa shape index (κ3) is 7.08.